The second-order valence-electron chi connectivity index (χ2n) is 8.00. The molecule has 3 rings (SSSR count). The highest BCUT2D eigenvalue weighted by Crippen LogP contribution is 2.28. The maximum atomic E-state index is 12.5. The minimum Gasteiger partial charge on any atom is -0.381 e. The summed E-state index contributed by atoms with van der Waals surface area (Å²) in [7, 11) is 0. The van der Waals surface area contributed by atoms with Crippen LogP contribution < -0.4 is 10.6 Å². The maximum absolute atomic E-state index is 12.5. The molecule has 2 aliphatic rings. The first-order chi connectivity index (χ1) is 14.3. The lowest BCUT2D eigenvalue weighted by Gasteiger charge is -2.28. The minimum absolute atomic E-state index is 0.237. The summed E-state index contributed by atoms with van der Waals surface area (Å²) in [5.41, 5.74) is 2.66. The fraction of sp³-hybridized carbons (Fsp3) is 0.652. The molecule has 1 aromatic carbocycles. The van der Waals surface area contributed by atoms with E-state index in [1.165, 1.54) is 24.0 Å². The number of nitrogens with one attached hydrogen (secondary N) is 2. The van der Waals surface area contributed by atoms with Crippen LogP contribution in [0.15, 0.2) is 29.3 Å². The first-order valence-corrected chi connectivity index (χ1v) is 11.2. The van der Waals surface area contributed by atoms with Crippen molar-refractivity contribution in [3.05, 3.63) is 35.4 Å². The second kappa shape index (κ2) is 11.8. The summed E-state index contributed by atoms with van der Waals surface area (Å²) < 4.78 is 5.66. The van der Waals surface area contributed by atoms with Crippen LogP contribution in [0.25, 0.3) is 0 Å². The molecule has 29 heavy (non-hydrogen) atoms. The van der Waals surface area contributed by atoms with Crippen LogP contribution in [-0.4, -0.2) is 56.2 Å². The number of carbonyl (C=O) groups excluding carboxylic acids is 1. The molecule has 160 valence electrons. The summed E-state index contributed by atoms with van der Waals surface area (Å²) >= 11 is 0. The van der Waals surface area contributed by atoms with E-state index in [0.29, 0.717) is 13.0 Å². The lowest BCUT2D eigenvalue weighted by atomic mass is 9.99. The van der Waals surface area contributed by atoms with Gasteiger partial charge in [-0.3, -0.25) is 9.79 Å². The lowest BCUT2D eigenvalue weighted by Crippen LogP contribution is -2.38. The minimum atomic E-state index is 0.237. The highest BCUT2D eigenvalue weighted by Gasteiger charge is 2.21. The van der Waals surface area contributed by atoms with Crippen molar-refractivity contribution >= 4 is 11.9 Å². The van der Waals surface area contributed by atoms with Gasteiger partial charge in [-0.15, -0.1) is 0 Å². The van der Waals surface area contributed by atoms with E-state index in [4.69, 9.17) is 4.74 Å². The zero-order valence-electron chi connectivity index (χ0n) is 17.8. The van der Waals surface area contributed by atoms with Crippen molar-refractivity contribution in [2.24, 2.45) is 10.9 Å². The quantitative estimate of drug-likeness (QED) is 0.341. The third-order valence-electron chi connectivity index (χ3n) is 5.45. The Hall–Kier alpha value is -2.08. The summed E-state index contributed by atoms with van der Waals surface area (Å²) in [6.07, 6.45) is 5.94. The van der Waals surface area contributed by atoms with Gasteiger partial charge in [0, 0.05) is 52.4 Å². The van der Waals surface area contributed by atoms with Gasteiger partial charge in [0.15, 0.2) is 5.96 Å². The summed E-state index contributed by atoms with van der Waals surface area (Å²) in [4.78, 5) is 19.1. The van der Waals surface area contributed by atoms with Crippen LogP contribution in [0.1, 0.15) is 50.2 Å². The molecule has 1 aliphatic carbocycles. The maximum Gasteiger partial charge on any atom is 0.222 e. The van der Waals surface area contributed by atoms with Crippen molar-refractivity contribution in [2.45, 2.75) is 52.0 Å². The van der Waals surface area contributed by atoms with Crippen LogP contribution in [-0.2, 0) is 22.5 Å². The topological polar surface area (TPSA) is 66.0 Å². The normalized spacial score (nSPS) is 16.4. The van der Waals surface area contributed by atoms with E-state index < -0.39 is 0 Å². The number of aliphatic imine (C=N–C) groups is 1. The lowest BCUT2D eigenvalue weighted by molar-refractivity contribution is -0.132. The van der Waals surface area contributed by atoms with Crippen LogP contribution in [0.4, 0.5) is 0 Å². The fourth-order valence-corrected chi connectivity index (χ4v) is 3.55. The molecule has 2 N–H and O–H groups in total. The Balaban J connectivity index is 1.30. The third-order valence-corrected chi connectivity index (χ3v) is 5.45. The Morgan fingerprint density at radius 2 is 2.03 bits per heavy atom. The average molecular weight is 401 g/mol. The van der Waals surface area contributed by atoms with Gasteiger partial charge in [0.05, 0.1) is 0 Å². The summed E-state index contributed by atoms with van der Waals surface area (Å²) in [6.45, 7) is 7.69. The third kappa shape index (κ3) is 7.69. The number of benzene rings is 1. The van der Waals surface area contributed by atoms with Crippen LogP contribution in [0.2, 0.25) is 0 Å². The highest BCUT2D eigenvalue weighted by atomic mass is 16.5. The fourth-order valence-electron chi connectivity index (χ4n) is 3.55. The van der Waals surface area contributed by atoms with E-state index in [1.807, 2.05) is 4.90 Å². The number of ether oxygens (including phenoxy) is 1. The molecule has 0 unspecified atom stereocenters. The molecule has 1 aliphatic heterocycles. The van der Waals surface area contributed by atoms with Gasteiger partial charge in [0.2, 0.25) is 5.91 Å². The van der Waals surface area contributed by atoms with Crippen LogP contribution >= 0.6 is 0 Å². The SMILES string of the molecule is CCNC(=NCCCC(=O)N1CCc2ccccc2C1)NCCCOCC1CC1. The van der Waals surface area contributed by atoms with Crippen molar-refractivity contribution in [3.8, 4) is 0 Å². The van der Waals surface area contributed by atoms with Gasteiger partial charge >= 0.3 is 0 Å². The molecule has 1 heterocycles. The van der Waals surface area contributed by atoms with Crippen molar-refractivity contribution in [2.75, 3.05) is 39.4 Å². The van der Waals surface area contributed by atoms with Crippen LogP contribution in [0, 0.1) is 5.92 Å². The number of amides is 1. The predicted molar refractivity (Wildman–Crippen MR) is 117 cm³/mol. The average Bonchev–Trinajstić information content (AvgIpc) is 3.57. The number of hydrogen-bond donors (Lipinski definition) is 2. The van der Waals surface area contributed by atoms with E-state index in [2.05, 4.69) is 46.8 Å². The van der Waals surface area contributed by atoms with E-state index >= 15 is 0 Å². The number of fused-ring (bicyclic) bond motifs is 1. The van der Waals surface area contributed by atoms with Crippen molar-refractivity contribution in [3.63, 3.8) is 0 Å². The molecule has 0 atom stereocenters. The molecule has 0 radical (unpaired) electrons. The first kappa shape index (κ1) is 21.6. The van der Waals surface area contributed by atoms with Crippen LogP contribution in [0.5, 0.6) is 0 Å². The Morgan fingerprint density at radius 3 is 2.83 bits per heavy atom. The van der Waals surface area contributed by atoms with E-state index in [0.717, 1.165) is 70.5 Å². The number of hydrogen-bond acceptors (Lipinski definition) is 3. The monoisotopic (exact) mass is 400 g/mol. The molecule has 6 nitrogen and oxygen atoms in total. The van der Waals surface area contributed by atoms with Crippen molar-refractivity contribution < 1.29 is 9.53 Å². The Morgan fingerprint density at radius 1 is 1.21 bits per heavy atom. The summed E-state index contributed by atoms with van der Waals surface area (Å²) in [5, 5.41) is 6.62. The standard InChI is InChI=1S/C23H36N4O2/c1-2-24-23(26-14-6-16-29-18-19-10-11-19)25-13-5-9-22(28)27-15-12-20-7-3-4-8-21(20)17-27/h3-4,7-8,19H,2,5-6,9-18H2,1H3,(H2,24,25,26). The van der Waals surface area contributed by atoms with Gasteiger partial charge in [0.25, 0.3) is 0 Å². The number of nitrogens with zero attached hydrogens (tertiary/aromatic N) is 2. The van der Waals surface area contributed by atoms with Crippen molar-refractivity contribution in [1.29, 1.82) is 0 Å². The molecule has 1 saturated carbocycles. The summed E-state index contributed by atoms with van der Waals surface area (Å²) in [6, 6.07) is 8.42. The van der Waals surface area contributed by atoms with Gasteiger partial charge in [-0.2, -0.15) is 0 Å². The largest absolute Gasteiger partial charge is 0.381 e. The molecule has 6 heteroatoms. The Kier molecular flexibility index (Phi) is 8.81. The van der Waals surface area contributed by atoms with Crippen molar-refractivity contribution in [1.82, 2.24) is 15.5 Å². The number of carbonyl (C=O) groups is 1. The highest BCUT2D eigenvalue weighted by molar-refractivity contribution is 5.80. The van der Waals surface area contributed by atoms with Gasteiger partial charge in [-0.1, -0.05) is 24.3 Å². The second-order valence-corrected chi connectivity index (χ2v) is 8.00. The van der Waals surface area contributed by atoms with E-state index in [1.54, 1.807) is 0 Å². The Labute approximate surface area is 175 Å². The number of rotatable bonds is 11. The zero-order valence-corrected chi connectivity index (χ0v) is 17.8. The van der Waals surface area contributed by atoms with Gasteiger partial charge in [0.1, 0.15) is 0 Å². The molecular weight excluding hydrogens is 364 g/mol. The van der Waals surface area contributed by atoms with E-state index in [-0.39, 0.29) is 5.91 Å². The van der Waals surface area contributed by atoms with Gasteiger partial charge in [-0.05, 0) is 56.1 Å². The molecule has 0 saturated heterocycles. The molecule has 1 fully saturated rings. The molecule has 0 aromatic heterocycles. The first-order valence-electron chi connectivity index (χ1n) is 11.2. The molecule has 0 spiro atoms. The smallest absolute Gasteiger partial charge is 0.222 e. The van der Waals surface area contributed by atoms with Gasteiger partial charge < -0.3 is 20.3 Å². The predicted octanol–water partition coefficient (Wildman–Crippen LogP) is 2.72. The number of guanidine groups is 1. The Bertz CT molecular complexity index is 673. The van der Waals surface area contributed by atoms with Crippen LogP contribution in [0.3, 0.4) is 0 Å². The molecule has 0 bridgehead atoms. The van der Waals surface area contributed by atoms with Gasteiger partial charge in [-0.25, -0.2) is 0 Å². The molecule has 1 aromatic rings. The molecule has 1 amide bonds. The molecular formula is C23H36N4O2. The summed E-state index contributed by atoms with van der Waals surface area (Å²) in [5.74, 6) is 1.89. The van der Waals surface area contributed by atoms with E-state index in [9.17, 15) is 4.79 Å². The zero-order chi connectivity index (χ0) is 20.3.